The fourth-order valence-electron chi connectivity index (χ4n) is 3.24. The summed E-state index contributed by atoms with van der Waals surface area (Å²) < 4.78 is 5.38. The maximum absolute atomic E-state index is 11.7. The highest BCUT2D eigenvalue weighted by Gasteiger charge is 2.63. The zero-order valence-electron chi connectivity index (χ0n) is 8.62. The lowest BCUT2D eigenvalue weighted by Crippen LogP contribution is -2.50. The lowest BCUT2D eigenvalue weighted by Gasteiger charge is -2.35. The summed E-state index contributed by atoms with van der Waals surface area (Å²) in [7, 11) is 0. The van der Waals surface area contributed by atoms with Gasteiger partial charge in [0.1, 0.15) is 6.10 Å². The van der Waals surface area contributed by atoms with E-state index in [1.807, 2.05) is 11.0 Å². The van der Waals surface area contributed by atoms with Crippen LogP contribution < -0.4 is 0 Å². The van der Waals surface area contributed by atoms with Gasteiger partial charge in [0.15, 0.2) is 0 Å². The van der Waals surface area contributed by atoms with Crippen LogP contribution in [0.15, 0.2) is 12.2 Å². The van der Waals surface area contributed by atoms with Gasteiger partial charge in [0, 0.05) is 5.54 Å². The zero-order chi connectivity index (χ0) is 9.97. The minimum atomic E-state index is -0.123. The van der Waals surface area contributed by atoms with Gasteiger partial charge >= 0.3 is 6.09 Å². The Balaban J connectivity index is 2.09. The molecule has 1 aliphatic carbocycles. The topological polar surface area (TPSA) is 29.5 Å². The quantitative estimate of drug-likeness (QED) is 0.551. The predicted molar refractivity (Wildman–Crippen MR) is 51.9 cm³/mol. The van der Waals surface area contributed by atoms with Crippen molar-refractivity contribution in [1.29, 1.82) is 0 Å². The van der Waals surface area contributed by atoms with Crippen LogP contribution in [0, 0.1) is 0 Å². The van der Waals surface area contributed by atoms with Crippen molar-refractivity contribution in [3.05, 3.63) is 12.2 Å². The lowest BCUT2D eigenvalue weighted by atomic mass is 9.92. The molecule has 3 heteroatoms. The largest absolute Gasteiger partial charge is 0.439 e. The van der Waals surface area contributed by atoms with Gasteiger partial charge in [0.05, 0.1) is 5.54 Å². The maximum Gasteiger partial charge on any atom is 0.411 e. The number of rotatable bonds is 0. The summed E-state index contributed by atoms with van der Waals surface area (Å²) in [6.07, 6.45) is 7.19. The van der Waals surface area contributed by atoms with Crippen molar-refractivity contribution in [1.82, 2.24) is 4.90 Å². The molecule has 2 heterocycles. The molecule has 2 saturated heterocycles. The molecular formula is C11H15NO2. The van der Waals surface area contributed by atoms with Gasteiger partial charge in [0.25, 0.3) is 0 Å². The van der Waals surface area contributed by atoms with Crippen LogP contribution in [0.3, 0.4) is 0 Å². The zero-order valence-corrected chi connectivity index (χ0v) is 8.62. The Bertz CT molecular complexity index is 334. The molecule has 0 aromatic rings. The Kier molecular flexibility index (Phi) is 1.28. The third-order valence-corrected chi connectivity index (χ3v) is 3.94. The van der Waals surface area contributed by atoms with Gasteiger partial charge in [-0.3, -0.25) is 4.90 Å². The van der Waals surface area contributed by atoms with Gasteiger partial charge in [-0.25, -0.2) is 4.79 Å². The van der Waals surface area contributed by atoms with E-state index in [9.17, 15) is 4.79 Å². The lowest BCUT2D eigenvalue weighted by molar-refractivity contribution is 0.119. The molecule has 3 nitrogen and oxygen atoms in total. The van der Waals surface area contributed by atoms with Crippen molar-refractivity contribution >= 4 is 6.09 Å². The highest BCUT2D eigenvalue weighted by molar-refractivity contribution is 5.74. The molecule has 3 aliphatic rings. The van der Waals surface area contributed by atoms with E-state index in [1.165, 1.54) is 0 Å². The minimum Gasteiger partial charge on any atom is -0.439 e. The predicted octanol–water partition coefficient (Wildman–Crippen LogP) is 2.08. The molecule has 0 aromatic carbocycles. The molecule has 0 bridgehead atoms. The van der Waals surface area contributed by atoms with E-state index >= 15 is 0 Å². The molecule has 1 amide bonds. The summed E-state index contributed by atoms with van der Waals surface area (Å²) in [5, 5.41) is 0. The van der Waals surface area contributed by atoms with Gasteiger partial charge in [-0.2, -0.15) is 0 Å². The first kappa shape index (κ1) is 8.33. The summed E-state index contributed by atoms with van der Waals surface area (Å²) in [5.74, 6) is 0. The Morgan fingerprint density at radius 1 is 1.50 bits per heavy atom. The van der Waals surface area contributed by atoms with Crippen molar-refractivity contribution in [3.63, 3.8) is 0 Å². The van der Waals surface area contributed by atoms with E-state index < -0.39 is 0 Å². The van der Waals surface area contributed by atoms with Crippen LogP contribution in [0.2, 0.25) is 0 Å². The molecule has 0 N–H and O–H groups in total. The van der Waals surface area contributed by atoms with Gasteiger partial charge in [-0.05, 0) is 39.2 Å². The second-order valence-corrected chi connectivity index (χ2v) is 5.19. The van der Waals surface area contributed by atoms with Gasteiger partial charge < -0.3 is 4.74 Å². The average molecular weight is 193 g/mol. The van der Waals surface area contributed by atoms with E-state index in [-0.39, 0.29) is 23.3 Å². The second kappa shape index (κ2) is 2.15. The normalized spacial score (nSPS) is 42.6. The number of nitrogens with zero attached hydrogens (tertiary/aromatic N) is 1. The third kappa shape index (κ3) is 0.725. The van der Waals surface area contributed by atoms with Crippen molar-refractivity contribution in [2.24, 2.45) is 0 Å². The Labute approximate surface area is 83.7 Å². The molecule has 0 radical (unpaired) electrons. The van der Waals surface area contributed by atoms with Crippen molar-refractivity contribution in [2.45, 2.75) is 50.3 Å². The van der Waals surface area contributed by atoms with Crippen LogP contribution in [0.4, 0.5) is 4.79 Å². The fourth-order valence-corrected chi connectivity index (χ4v) is 3.24. The van der Waals surface area contributed by atoms with Crippen molar-refractivity contribution < 1.29 is 9.53 Å². The third-order valence-electron chi connectivity index (χ3n) is 3.94. The summed E-state index contributed by atoms with van der Waals surface area (Å²) in [4.78, 5) is 13.7. The molecule has 2 aliphatic heterocycles. The van der Waals surface area contributed by atoms with Crippen molar-refractivity contribution in [2.75, 3.05) is 0 Å². The molecule has 76 valence electrons. The molecule has 0 unspecified atom stereocenters. The molecule has 14 heavy (non-hydrogen) atoms. The molecule has 0 saturated carbocycles. The molecule has 2 atom stereocenters. The number of carbonyl (C=O) groups is 1. The first-order valence-electron chi connectivity index (χ1n) is 5.24. The molecule has 1 spiro atoms. The van der Waals surface area contributed by atoms with Crippen LogP contribution in [0.25, 0.3) is 0 Å². The standard InChI is InChI=1S/C11H15NO2/c1-10(2)6-7-11-5-3-4-8(11)14-9(13)12(10)11/h3-4,8H,5-7H2,1-2H3/t8-,11-/m0/s1. The van der Waals surface area contributed by atoms with E-state index in [4.69, 9.17) is 4.74 Å². The number of hydrogen-bond acceptors (Lipinski definition) is 2. The fraction of sp³-hybridized carbons (Fsp3) is 0.727. The van der Waals surface area contributed by atoms with E-state index in [2.05, 4.69) is 19.9 Å². The maximum atomic E-state index is 11.7. The summed E-state index contributed by atoms with van der Waals surface area (Å²) in [6.45, 7) is 4.26. The minimum absolute atomic E-state index is 0.0109. The Hall–Kier alpha value is -0.990. The van der Waals surface area contributed by atoms with E-state index in [0.29, 0.717) is 0 Å². The first-order valence-corrected chi connectivity index (χ1v) is 5.24. The highest BCUT2D eigenvalue weighted by Crippen LogP contribution is 2.52. The van der Waals surface area contributed by atoms with E-state index in [1.54, 1.807) is 0 Å². The average Bonchev–Trinajstić information content (AvgIpc) is 2.63. The van der Waals surface area contributed by atoms with Crippen LogP contribution in [0.5, 0.6) is 0 Å². The van der Waals surface area contributed by atoms with Crippen LogP contribution in [-0.2, 0) is 4.74 Å². The highest BCUT2D eigenvalue weighted by atomic mass is 16.6. The molecular weight excluding hydrogens is 178 g/mol. The number of carbonyl (C=O) groups excluding carboxylic acids is 1. The SMILES string of the molecule is CC1(C)CC[C@@]23CC=C[C@@H]2OC(=O)N13. The summed E-state index contributed by atoms with van der Waals surface area (Å²) in [6, 6.07) is 0. The first-order chi connectivity index (χ1) is 6.56. The van der Waals surface area contributed by atoms with E-state index in [0.717, 1.165) is 19.3 Å². The number of ether oxygens (including phenoxy) is 1. The molecule has 3 rings (SSSR count). The molecule has 0 aromatic heterocycles. The smallest absolute Gasteiger partial charge is 0.411 e. The number of amides is 1. The molecule has 2 fully saturated rings. The second-order valence-electron chi connectivity index (χ2n) is 5.19. The van der Waals surface area contributed by atoms with Gasteiger partial charge in [-0.1, -0.05) is 6.08 Å². The van der Waals surface area contributed by atoms with Crippen LogP contribution in [-0.4, -0.2) is 28.2 Å². The Morgan fingerprint density at radius 2 is 2.29 bits per heavy atom. The summed E-state index contributed by atoms with van der Waals surface area (Å²) >= 11 is 0. The van der Waals surface area contributed by atoms with Crippen LogP contribution in [0.1, 0.15) is 33.1 Å². The van der Waals surface area contributed by atoms with Crippen molar-refractivity contribution in [3.8, 4) is 0 Å². The number of hydrogen-bond donors (Lipinski definition) is 0. The van der Waals surface area contributed by atoms with Crippen LogP contribution >= 0.6 is 0 Å². The van der Waals surface area contributed by atoms with Gasteiger partial charge in [0.2, 0.25) is 0 Å². The summed E-state index contributed by atoms with van der Waals surface area (Å²) in [5.41, 5.74) is -0.0571. The monoisotopic (exact) mass is 193 g/mol. The van der Waals surface area contributed by atoms with Gasteiger partial charge in [-0.15, -0.1) is 0 Å². The Morgan fingerprint density at radius 3 is 3.07 bits per heavy atom.